The first-order valence-electron chi connectivity index (χ1n) is 7.62. The zero-order valence-electron chi connectivity index (χ0n) is 12.6. The van der Waals surface area contributed by atoms with Crippen molar-refractivity contribution in [3.8, 4) is 0 Å². The molecule has 0 radical (unpaired) electrons. The second-order valence-electron chi connectivity index (χ2n) is 6.07. The van der Waals surface area contributed by atoms with Gasteiger partial charge in [0.15, 0.2) is 0 Å². The van der Waals surface area contributed by atoms with Gasteiger partial charge < -0.3 is 14.6 Å². The minimum atomic E-state index is 0.117. The van der Waals surface area contributed by atoms with Gasteiger partial charge in [-0.2, -0.15) is 0 Å². The van der Waals surface area contributed by atoms with Crippen molar-refractivity contribution in [1.29, 1.82) is 0 Å². The molecule has 0 fully saturated rings. The molecular formula is C17H23N3O. The van der Waals surface area contributed by atoms with E-state index in [1.807, 2.05) is 18.3 Å². The van der Waals surface area contributed by atoms with Crippen molar-refractivity contribution in [3.63, 3.8) is 0 Å². The van der Waals surface area contributed by atoms with Gasteiger partial charge >= 0.3 is 0 Å². The van der Waals surface area contributed by atoms with E-state index in [-0.39, 0.29) is 6.61 Å². The molecule has 3 rings (SSSR count). The van der Waals surface area contributed by atoms with Crippen LogP contribution in [0.1, 0.15) is 23.4 Å². The number of rotatable bonds is 5. The van der Waals surface area contributed by atoms with E-state index >= 15 is 0 Å². The maximum Gasteiger partial charge on any atom is 0.108 e. The lowest BCUT2D eigenvalue weighted by atomic mass is 9.98. The van der Waals surface area contributed by atoms with Crippen LogP contribution in [0.25, 0.3) is 0 Å². The van der Waals surface area contributed by atoms with Crippen LogP contribution < -0.4 is 0 Å². The Hall–Kier alpha value is -1.65. The molecule has 0 amide bonds. The lowest BCUT2D eigenvalue weighted by Gasteiger charge is -2.28. The monoisotopic (exact) mass is 285 g/mol. The highest BCUT2D eigenvalue weighted by atomic mass is 16.3. The van der Waals surface area contributed by atoms with Crippen LogP contribution in [0.3, 0.4) is 0 Å². The van der Waals surface area contributed by atoms with Crippen molar-refractivity contribution in [2.75, 3.05) is 13.6 Å². The fourth-order valence-electron chi connectivity index (χ4n) is 3.15. The van der Waals surface area contributed by atoms with Gasteiger partial charge in [-0.25, -0.2) is 4.98 Å². The molecule has 0 spiro atoms. The van der Waals surface area contributed by atoms with Crippen molar-refractivity contribution >= 4 is 0 Å². The molecule has 21 heavy (non-hydrogen) atoms. The summed E-state index contributed by atoms with van der Waals surface area (Å²) < 4.78 is 2.29. The minimum absolute atomic E-state index is 0.117. The van der Waals surface area contributed by atoms with Gasteiger partial charge in [-0.05, 0) is 30.5 Å². The van der Waals surface area contributed by atoms with Crippen molar-refractivity contribution in [2.45, 2.75) is 32.5 Å². The number of aromatic nitrogens is 2. The third-order valence-electron chi connectivity index (χ3n) is 4.26. The summed E-state index contributed by atoms with van der Waals surface area (Å²) in [6.45, 7) is 3.27. The lowest BCUT2D eigenvalue weighted by molar-refractivity contribution is 0.229. The first kappa shape index (κ1) is 14.3. The molecular weight excluding hydrogens is 262 g/mol. The van der Waals surface area contributed by atoms with Gasteiger partial charge in [0.2, 0.25) is 0 Å². The molecule has 2 heterocycles. The van der Waals surface area contributed by atoms with E-state index in [9.17, 15) is 0 Å². The van der Waals surface area contributed by atoms with Crippen LogP contribution in [0.5, 0.6) is 0 Å². The quantitative estimate of drug-likeness (QED) is 0.914. The number of hydrogen-bond donors (Lipinski definition) is 1. The highest BCUT2D eigenvalue weighted by Crippen LogP contribution is 2.20. The summed E-state index contributed by atoms with van der Waals surface area (Å²) in [6.07, 6.45) is 6.32. The number of fused-ring (bicyclic) bond motifs is 1. The van der Waals surface area contributed by atoms with Crippen LogP contribution in [-0.2, 0) is 26.1 Å². The third-order valence-corrected chi connectivity index (χ3v) is 4.26. The number of hydrogen-bond acceptors (Lipinski definition) is 3. The van der Waals surface area contributed by atoms with E-state index in [0.717, 1.165) is 31.6 Å². The molecule has 1 atom stereocenters. The van der Waals surface area contributed by atoms with Crippen molar-refractivity contribution in [3.05, 3.63) is 53.6 Å². The van der Waals surface area contributed by atoms with Gasteiger partial charge in [0.05, 0.1) is 6.61 Å². The summed E-state index contributed by atoms with van der Waals surface area (Å²) in [7, 11) is 2.18. The number of aryl methyl sites for hydroxylation is 1. The van der Waals surface area contributed by atoms with E-state index in [2.05, 4.69) is 39.8 Å². The van der Waals surface area contributed by atoms with Crippen molar-refractivity contribution in [1.82, 2.24) is 14.5 Å². The zero-order valence-corrected chi connectivity index (χ0v) is 12.6. The van der Waals surface area contributed by atoms with Crippen LogP contribution in [-0.4, -0.2) is 33.1 Å². The summed E-state index contributed by atoms with van der Waals surface area (Å²) in [5, 5.41) is 9.07. The molecule has 1 aliphatic heterocycles. The van der Waals surface area contributed by atoms with Crippen LogP contribution >= 0.6 is 0 Å². The number of aliphatic hydroxyl groups excluding tert-OH is 1. The fourth-order valence-corrected chi connectivity index (χ4v) is 3.15. The fraction of sp³-hybridized carbons (Fsp3) is 0.471. The van der Waals surface area contributed by atoms with Crippen molar-refractivity contribution in [2.24, 2.45) is 5.92 Å². The van der Waals surface area contributed by atoms with Gasteiger partial charge in [-0.15, -0.1) is 0 Å². The Morgan fingerprint density at radius 3 is 2.81 bits per heavy atom. The molecule has 0 saturated carbocycles. The first-order valence-corrected chi connectivity index (χ1v) is 7.62. The maximum atomic E-state index is 9.07. The summed E-state index contributed by atoms with van der Waals surface area (Å²) in [5.74, 6) is 1.93. The van der Waals surface area contributed by atoms with E-state index in [4.69, 9.17) is 5.11 Å². The molecule has 1 unspecified atom stereocenters. The number of nitrogens with zero attached hydrogens (tertiary/aromatic N) is 3. The van der Waals surface area contributed by atoms with Crippen LogP contribution in [0.15, 0.2) is 36.7 Å². The number of aliphatic hydroxyl groups is 1. The molecule has 0 bridgehead atoms. The molecule has 112 valence electrons. The van der Waals surface area contributed by atoms with E-state index in [1.54, 1.807) is 0 Å². The Morgan fingerprint density at radius 2 is 2.05 bits per heavy atom. The van der Waals surface area contributed by atoms with Crippen LogP contribution in [0, 0.1) is 5.92 Å². The smallest absolute Gasteiger partial charge is 0.108 e. The van der Waals surface area contributed by atoms with E-state index in [0.29, 0.717) is 5.92 Å². The second kappa shape index (κ2) is 6.41. The Morgan fingerprint density at radius 1 is 1.29 bits per heavy atom. The summed E-state index contributed by atoms with van der Waals surface area (Å²) in [4.78, 5) is 6.77. The molecule has 0 aliphatic carbocycles. The maximum absolute atomic E-state index is 9.07. The minimum Gasteiger partial charge on any atom is -0.392 e. The zero-order chi connectivity index (χ0) is 14.7. The average Bonchev–Trinajstić information content (AvgIpc) is 2.95. The number of imidazole rings is 1. The predicted molar refractivity (Wildman–Crippen MR) is 82.7 cm³/mol. The lowest BCUT2D eigenvalue weighted by Crippen LogP contribution is -2.31. The molecule has 2 aromatic rings. The summed E-state index contributed by atoms with van der Waals surface area (Å²) in [6, 6.07) is 8.22. The Labute approximate surface area is 126 Å². The standard InChI is InChI=1S/C17H23N3O/c1-19(10-14-2-4-15(13-21)5-3-14)11-16-6-7-17-18-8-9-20(17)12-16/h2-5,8-9,16,21H,6-7,10-13H2,1H3. The van der Waals surface area contributed by atoms with Gasteiger partial charge in [-0.3, -0.25) is 0 Å². The highest BCUT2D eigenvalue weighted by molar-refractivity contribution is 5.21. The predicted octanol–water partition coefficient (Wildman–Crippen LogP) is 2.07. The number of benzene rings is 1. The van der Waals surface area contributed by atoms with Crippen LogP contribution in [0.4, 0.5) is 0 Å². The normalized spacial score (nSPS) is 18.0. The summed E-state index contributed by atoms with van der Waals surface area (Å²) >= 11 is 0. The molecule has 1 aliphatic rings. The Bertz CT molecular complexity index is 576. The molecule has 4 heteroatoms. The molecule has 0 saturated heterocycles. The van der Waals surface area contributed by atoms with Crippen LogP contribution in [0.2, 0.25) is 0 Å². The average molecular weight is 285 g/mol. The topological polar surface area (TPSA) is 41.3 Å². The highest BCUT2D eigenvalue weighted by Gasteiger charge is 2.19. The van der Waals surface area contributed by atoms with E-state index in [1.165, 1.54) is 17.8 Å². The van der Waals surface area contributed by atoms with Gasteiger partial charge in [-0.1, -0.05) is 24.3 Å². The SMILES string of the molecule is CN(Cc1ccc(CO)cc1)CC1CCc2nccn2C1. The first-order chi connectivity index (χ1) is 10.2. The molecule has 1 aromatic carbocycles. The third kappa shape index (κ3) is 3.52. The van der Waals surface area contributed by atoms with Gasteiger partial charge in [0.1, 0.15) is 5.82 Å². The van der Waals surface area contributed by atoms with E-state index < -0.39 is 0 Å². The molecule has 1 aromatic heterocycles. The Balaban J connectivity index is 1.53. The van der Waals surface area contributed by atoms with Crippen molar-refractivity contribution < 1.29 is 5.11 Å². The van der Waals surface area contributed by atoms with Gasteiger partial charge in [0, 0.05) is 38.4 Å². The summed E-state index contributed by atoms with van der Waals surface area (Å²) in [5.41, 5.74) is 2.27. The van der Waals surface area contributed by atoms with Gasteiger partial charge in [0.25, 0.3) is 0 Å². The Kier molecular flexibility index (Phi) is 4.36. The second-order valence-corrected chi connectivity index (χ2v) is 6.07. The molecule has 1 N–H and O–H groups in total. The molecule has 4 nitrogen and oxygen atoms in total. The largest absolute Gasteiger partial charge is 0.392 e.